The maximum absolute atomic E-state index is 10.2. The number of hydrogen-bond acceptors (Lipinski definition) is 5. The van der Waals surface area contributed by atoms with Crippen molar-refractivity contribution in [2.45, 2.75) is 47.3 Å². The SMILES string of the molecule is COc1ccc2c3c1O[C@H]1[C@@]4(OC)C=C[C@@]5(CC4(Cl)C#N)[C@@H](C2)N(C)CC[C@]315. The van der Waals surface area contributed by atoms with Gasteiger partial charge in [-0.2, -0.15) is 5.26 Å². The molecular formula is C22H23ClN2O3. The molecule has 146 valence electrons. The topological polar surface area (TPSA) is 54.7 Å². The first-order valence-electron chi connectivity index (χ1n) is 9.86. The number of likely N-dealkylation sites (tertiary alicyclic amines) is 1. The van der Waals surface area contributed by atoms with Crippen molar-refractivity contribution in [3.05, 3.63) is 35.4 Å². The van der Waals surface area contributed by atoms with E-state index in [0.717, 1.165) is 30.9 Å². The zero-order valence-electron chi connectivity index (χ0n) is 16.3. The Balaban J connectivity index is 1.75. The smallest absolute Gasteiger partial charge is 0.167 e. The fourth-order valence-electron chi connectivity index (χ4n) is 7.35. The van der Waals surface area contributed by atoms with Crippen LogP contribution in [-0.2, 0) is 16.6 Å². The molecule has 4 aliphatic carbocycles. The summed E-state index contributed by atoms with van der Waals surface area (Å²) in [4.78, 5) is 1.27. The predicted molar refractivity (Wildman–Crippen MR) is 104 cm³/mol. The van der Waals surface area contributed by atoms with Gasteiger partial charge in [0.05, 0.1) is 18.6 Å². The van der Waals surface area contributed by atoms with E-state index in [0.29, 0.717) is 6.42 Å². The van der Waals surface area contributed by atoms with Crippen LogP contribution in [0.1, 0.15) is 24.0 Å². The molecule has 0 amide bonds. The third kappa shape index (κ3) is 1.42. The van der Waals surface area contributed by atoms with E-state index in [9.17, 15) is 5.26 Å². The van der Waals surface area contributed by atoms with Crippen molar-refractivity contribution < 1.29 is 14.2 Å². The van der Waals surface area contributed by atoms with Gasteiger partial charge in [-0.1, -0.05) is 23.7 Å². The van der Waals surface area contributed by atoms with Crippen molar-refractivity contribution in [3.8, 4) is 17.6 Å². The lowest BCUT2D eigenvalue weighted by atomic mass is 9.37. The molecule has 0 aromatic heterocycles. The fourth-order valence-corrected chi connectivity index (χ4v) is 7.81. The third-order valence-corrected chi connectivity index (χ3v) is 8.99. The Morgan fingerprint density at radius 1 is 1.32 bits per heavy atom. The van der Waals surface area contributed by atoms with Crippen molar-refractivity contribution in [2.75, 3.05) is 27.8 Å². The van der Waals surface area contributed by atoms with E-state index in [1.54, 1.807) is 14.2 Å². The van der Waals surface area contributed by atoms with Gasteiger partial charge in [0, 0.05) is 24.1 Å². The minimum absolute atomic E-state index is 0.248. The molecule has 1 saturated carbocycles. The summed E-state index contributed by atoms with van der Waals surface area (Å²) >= 11 is 7.07. The minimum atomic E-state index is -1.17. The monoisotopic (exact) mass is 398 g/mol. The van der Waals surface area contributed by atoms with Crippen molar-refractivity contribution in [3.63, 3.8) is 0 Å². The van der Waals surface area contributed by atoms with E-state index in [2.05, 4.69) is 30.2 Å². The molecule has 28 heavy (non-hydrogen) atoms. The van der Waals surface area contributed by atoms with Gasteiger partial charge in [0.2, 0.25) is 0 Å². The molecule has 5 nitrogen and oxygen atoms in total. The molecule has 1 aromatic rings. The Morgan fingerprint density at radius 3 is 2.86 bits per heavy atom. The van der Waals surface area contributed by atoms with Crippen molar-refractivity contribution in [1.82, 2.24) is 4.90 Å². The molecule has 2 heterocycles. The number of methoxy groups -OCH3 is 2. The Kier molecular flexibility index (Phi) is 2.98. The predicted octanol–water partition coefficient (Wildman–Crippen LogP) is 2.80. The number of halogens is 1. The molecule has 2 aliphatic heterocycles. The van der Waals surface area contributed by atoms with Crippen LogP contribution in [0.5, 0.6) is 11.5 Å². The van der Waals surface area contributed by atoms with E-state index in [1.165, 1.54) is 11.1 Å². The van der Waals surface area contributed by atoms with Gasteiger partial charge < -0.3 is 19.1 Å². The van der Waals surface area contributed by atoms with Crippen LogP contribution in [-0.4, -0.2) is 55.3 Å². The van der Waals surface area contributed by atoms with Crippen LogP contribution in [0.3, 0.4) is 0 Å². The lowest BCUT2D eigenvalue weighted by Crippen LogP contribution is -2.82. The van der Waals surface area contributed by atoms with Crippen LogP contribution >= 0.6 is 11.6 Å². The van der Waals surface area contributed by atoms with Crippen LogP contribution in [0.15, 0.2) is 24.3 Å². The first-order valence-corrected chi connectivity index (χ1v) is 10.2. The van der Waals surface area contributed by atoms with Gasteiger partial charge in [-0.25, -0.2) is 0 Å². The molecule has 1 aromatic carbocycles. The zero-order valence-corrected chi connectivity index (χ0v) is 17.0. The lowest BCUT2D eigenvalue weighted by Gasteiger charge is -2.71. The third-order valence-electron chi connectivity index (χ3n) is 8.47. The number of nitriles is 1. The summed E-state index contributed by atoms with van der Waals surface area (Å²) in [6, 6.07) is 6.88. The Labute approximate surface area is 169 Å². The first kappa shape index (κ1) is 17.1. The first-order chi connectivity index (χ1) is 13.4. The zero-order chi connectivity index (χ0) is 19.5. The van der Waals surface area contributed by atoms with Crippen LogP contribution in [0, 0.1) is 16.7 Å². The van der Waals surface area contributed by atoms with E-state index in [4.69, 9.17) is 25.8 Å². The lowest BCUT2D eigenvalue weighted by molar-refractivity contribution is -0.195. The highest BCUT2D eigenvalue weighted by Gasteiger charge is 2.82. The average Bonchev–Trinajstić information content (AvgIpc) is 3.07. The molecule has 4 bridgehead atoms. The Hall–Kier alpha value is -1.74. The number of alkyl halides is 1. The maximum atomic E-state index is 10.2. The number of piperidine rings is 1. The molecule has 2 spiro atoms. The molecule has 1 unspecified atom stereocenters. The largest absolute Gasteiger partial charge is 0.493 e. The van der Waals surface area contributed by atoms with Gasteiger partial charge in [-0.05, 0) is 50.6 Å². The molecular weight excluding hydrogens is 376 g/mol. The number of fused-ring (bicyclic) bond motifs is 1. The number of benzene rings is 1. The second-order valence-corrected chi connectivity index (χ2v) is 9.66. The highest BCUT2D eigenvalue weighted by Crippen LogP contribution is 2.76. The normalized spacial score (nSPS) is 46.7. The quantitative estimate of drug-likeness (QED) is 0.566. The molecule has 0 N–H and O–H groups in total. The molecule has 6 heteroatoms. The second kappa shape index (κ2) is 4.87. The summed E-state index contributed by atoms with van der Waals surface area (Å²) in [7, 11) is 5.51. The number of rotatable bonds is 2. The van der Waals surface area contributed by atoms with Crippen LogP contribution in [0.25, 0.3) is 0 Å². The van der Waals surface area contributed by atoms with Crippen molar-refractivity contribution >= 4 is 11.6 Å². The molecule has 1 saturated heterocycles. The van der Waals surface area contributed by atoms with Crippen molar-refractivity contribution in [1.29, 1.82) is 5.26 Å². The Bertz CT molecular complexity index is 989. The summed E-state index contributed by atoms with van der Waals surface area (Å²) in [5.74, 6) is 1.57. The van der Waals surface area contributed by atoms with Gasteiger partial charge in [0.1, 0.15) is 6.10 Å². The number of ether oxygens (including phenoxy) is 3. The fraction of sp³-hybridized carbons (Fsp3) is 0.591. The molecule has 6 aliphatic rings. The van der Waals surface area contributed by atoms with Gasteiger partial charge >= 0.3 is 0 Å². The number of nitrogens with zero attached hydrogens (tertiary/aromatic N) is 2. The van der Waals surface area contributed by atoms with Crippen molar-refractivity contribution in [2.24, 2.45) is 5.41 Å². The standard InChI is InChI=1S/C22H23ClN2O3/c1-25-9-8-21-16-13-4-5-14(26-2)17(16)28-18(21)22(27-3)7-6-19(21,15(25)10-13)11-20(22,23)12-24/h4-7,15,18H,8-11H2,1-3H3/t15-,18-,19-,20?,21+,22+/m1/s1. The van der Waals surface area contributed by atoms with E-state index >= 15 is 0 Å². The summed E-state index contributed by atoms with van der Waals surface area (Å²) in [6.07, 6.45) is 6.43. The number of likely N-dealkylation sites (N-methyl/N-ethyl adjacent to an activating group) is 1. The molecule has 6 atom stereocenters. The van der Waals surface area contributed by atoms with E-state index in [1.807, 2.05) is 12.1 Å². The summed E-state index contributed by atoms with van der Waals surface area (Å²) in [6.45, 7) is 0.984. The van der Waals surface area contributed by atoms with Gasteiger partial charge in [-0.3, -0.25) is 0 Å². The average molecular weight is 399 g/mol. The van der Waals surface area contributed by atoms with Gasteiger partial charge in [0.25, 0.3) is 0 Å². The van der Waals surface area contributed by atoms with Gasteiger partial charge in [0.15, 0.2) is 22.0 Å². The summed E-state index contributed by atoms with van der Waals surface area (Å²) in [5, 5.41) is 10.2. The van der Waals surface area contributed by atoms with Gasteiger partial charge in [-0.15, -0.1) is 0 Å². The minimum Gasteiger partial charge on any atom is -0.493 e. The number of hydrogen-bond donors (Lipinski definition) is 0. The molecule has 7 rings (SSSR count). The highest BCUT2D eigenvalue weighted by molar-refractivity contribution is 6.27. The van der Waals surface area contributed by atoms with E-state index in [-0.39, 0.29) is 23.0 Å². The molecule has 2 fully saturated rings. The summed E-state index contributed by atoms with van der Waals surface area (Å²) < 4.78 is 18.5. The Morgan fingerprint density at radius 2 is 2.14 bits per heavy atom. The van der Waals surface area contributed by atoms with E-state index < -0.39 is 10.5 Å². The summed E-state index contributed by atoms with van der Waals surface area (Å²) in [5.41, 5.74) is 1.09. The maximum Gasteiger partial charge on any atom is 0.167 e. The van der Waals surface area contributed by atoms with Crippen LogP contribution in [0.2, 0.25) is 0 Å². The van der Waals surface area contributed by atoms with Crippen LogP contribution in [0.4, 0.5) is 0 Å². The highest BCUT2D eigenvalue weighted by atomic mass is 35.5. The molecule has 0 radical (unpaired) electrons. The second-order valence-electron chi connectivity index (χ2n) is 9.01. The van der Waals surface area contributed by atoms with Crippen LogP contribution < -0.4 is 9.47 Å².